The number of aromatic carboxylic acids is 1. The van der Waals surface area contributed by atoms with Gasteiger partial charge in [0.25, 0.3) is 0 Å². The van der Waals surface area contributed by atoms with Crippen LogP contribution in [-0.2, 0) is 58.4 Å². The number of aromatic nitrogens is 29. The zero-order chi connectivity index (χ0) is 95.1. The van der Waals surface area contributed by atoms with Crippen molar-refractivity contribution < 1.29 is 77.9 Å². The van der Waals surface area contributed by atoms with E-state index in [1.54, 1.807) is 260 Å². The first kappa shape index (κ1) is 114. The summed E-state index contributed by atoms with van der Waals surface area (Å²) < 4.78 is 6.86. The fourth-order valence-electron chi connectivity index (χ4n) is 11.6. The number of nitrogens with zero attached hydrogens (tertiary/aromatic N) is 29. The fraction of sp³-hybridized carbons (Fsp3) is 0.0388. The molecule has 0 saturated carbocycles. The third-order valence-electron chi connectivity index (χ3n) is 17.8. The minimum absolute atomic E-state index is 0. The maximum absolute atomic E-state index is 12.4. The summed E-state index contributed by atoms with van der Waals surface area (Å²) in [6, 6.07) is 61.1. The molecule has 19 heterocycles. The van der Waals surface area contributed by atoms with Crippen LogP contribution in [0.25, 0.3) is 136 Å². The van der Waals surface area contributed by atoms with Crippen LogP contribution in [0.5, 0.6) is 5.75 Å². The normalized spacial score (nSPS) is 9.59. The molecular formula is C103H84Br3N29O5Ru3. The van der Waals surface area contributed by atoms with Crippen LogP contribution in [0.15, 0.2) is 434 Å². The van der Waals surface area contributed by atoms with Crippen LogP contribution in [-0.4, -0.2) is 161 Å². The van der Waals surface area contributed by atoms with Crippen LogP contribution < -0.4 is 5.43 Å². The first-order valence-electron chi connectivity index (χ1n) is 40.8. The van der Waals surface area contributed by atoms with Gasteiger partial charge in [-0.3, -0.25) is 89.5 Å². The molecule has 40 heteroatoms. The zero-order valence-corrected chi connectivity index (χ0v) is 82.9. The molecule has 20 aromatic rings. The van der Waals surface area contributed by atoms with Gasteiger partial charge in [-0.2, -0.15) is 0 Å². The van der Waals surface area contributed by atoms with Gasteiger partial charge in [0.15, 0.2) is 34.6 Å². The van der Waals surface area contributed by atoms with Crippen LogP contribution in [0, 0.1) is 6.92 Å². The predicted octanol–water partition coefficient (Wildman–Crippen LogP) is 21.1. The first-order valence-corrected chi connectivity index (χ1v) is 43.2. The summed E-state index contributed by atoms with van der Waals surface area (Å²) in [7, 11) is 0. The number of carboxylic acid groups (broad SMARTS) is 1. The number of hydrogen-bond donors (Lipinski definition) is 2. The molecule has 0 unspecified atom stereocenters. The Labute approximate surface area is 885 Å². The molecule has 1 aliphatic carbocycles. The summed E-state index contributed by atoms with van der Waals surface area (Å²) >= 11 is 9.94. The largest absolute Gasteiger partial charge is 0.506 e. The second-order valence-electron chi connectivity index (χ2n) is 26.9. The van der Waals surface area contributed by atoms with Crippen LogP contribution in [0.3, 0.4) is 0 Å². The number of halogens is 3. The number of carboxylic acids is 1. The Morgan fingerprint density at radius 1 is 0.280 bits per heavy atom. The van der Waals surface area contributed by atoms with Gasteiger partial charge < -0.3 is 14.6 Å². The smallest absolute Gasteiger partial charge is 0.336 e. The minimum atomic E-state index is -1.07. The van der Waals surface area contributed by atoms with Crippen molar-refractivity contribution in [3.8, 4) is 131 Å². The van der Waals surface area contributed by atoms with Gasteiger partial charge in [0.2, 0.25) is 5.43 Å². The molecule has 22 rings (SSSR count). The number of carbonyl (C=O) groups is 1. The van der Waals surface area contributed by atoms with Gasteiger partial charge in [0.1, 0.15) is 55.8 Å². The van der Waals surface area contributed by atoms with Gasteiger partial charge in [0.05, 0.1) is 92.3 Å². The Kier molecular flexibility index (Phi) is 49.7. The molecule has 0 spiro atoms. The van der Waals surface area contributed by atoms with Crippen molar-refractivity contribution in [3.05, 3.63) is 446 Å². The number of rotatable bonds is 11. The van der Waals surface area contributed by atoms with E-state index in [2.05, 4.69) is 192 Å². The topological polar surface area (TPSA) is 462 Å². The molecule has 0 bridgehead atoms. The molecule has 1 aliphatic heterocycles. The quantitative estimate of drug-likeness (QED) is 0.0897. The average Bonchev–Trinajstić information content (AvgIpc) is 0.727. The molecule has 143 heavy (non-hydrogen) atoms. The van der Waals surface area contributed by atoms with E-state index in [1.807, 2.05) is 140 Å². The Bertz CT molecular complexity index is 5940. The summed E-state index contributed by atoms with van der Waals surface area (Å²) in [5, 5.41) is 20.7. The zero-order valence-electron chi connectivity index (χ0n) is 73.0. The number of phenolic OH excluding ortho intramolecular Hbond substituents is 1. The van der Waals surface area contributed by atoms with Crippen molar-refractivity contribution >= 4 is 64.7 Å². The Balaban J connectivity index is 0.000000219. The van der Waals surface area contributed by atoms with E-state index in [1.165, 1.54) is 18.7 Å². The summed E-state index contributed by atoms with van der Waals surface area (Å²) in [6.45, 7) is 1.74. The molecule has 0 saturated heterocycles. The van der Waals surface area contributed by atoms with Gasteiger partial charge in [-0.1, -0.05) is 82.9 Å². The van der Waals surface area contributed by atoms with Crippen molar-refractivity contribution in [3.63, 3.8) is 0 Å². The number of aromatic hydroxyl groups is 1. The number of benzene rings is 3. The Morgan fingerprint density at radius 2 is 0.545 bits per heavy atom. The molecule has 0 fully saturated rings. The molecule has 0 amide bonds. The molecule has 34 nitrogen and oxygen atoms in total. The van der Waals surface area contributed by atoms with Crippen LogP contribution >= 0.6 is 47.8 Å². The van der Waals surface area contributed by atoms with Crippen molar-refractivity contribution in [2.24, 2.45) is 0 Å². The summed E-state index contributed by atoms with van der Waals surface area (Å²) in [5.41, 5.74) is 14.1. The van der Waals surface area contributed by atoms with Crippen LogP contribution in [0.1, 0.15) is 38.2 Å². The first-order chi connectivity index (χ1) is 67.4. The monoisotopic (exact) mass is 2350 g/mol. The summed E-state index contributed by atoms with van der Waals surface area (Å²) in [6.07, 6.45) is 56.7. The van der Waals surface area contributed by atoms with Crippen LogP contribution in [0.4, 0.5) is 0 Å². The van der Waals surface area contributed by atoms with E-state index in [9.17, 15) is 19.8 Å². The van der Waals surface area contributed by atoms with E-state index >= 15 is 0 Å². The van der Waals surface area contributed by atoms with E-state index in [4.69, 9.17) is 4.42 Å². The predicted molar refractivity (Wildman–Crippen MR) is 544 cm³/mol. The van der Waals surface area contributed by atoms with Gasteiger partial charge >= 0.3 is 5.97 Å². The standard InChI is InChI=1S/C21H11Br3O5.3C10H8N2.C9H7N3.5C8H6N4.3CH4.3Ru/c1-8-6-11-14(9-4-2-3-5-10(9)21(27)28)12-7-13(22)18(26)16(24)20(12)29-19(11)15(23)17(8)25;3*1-3-7-11-9(5-1)10-6-2-4-8-12-10;1-2-4-11-8(3-1)9-7-10-5-6-12-9;2*1-3-11-7(5-9-1)8-6-10-2-4-12-8;1-3-9-5-11-7(1)8-2-4-10-6-12-8;2*1-3-9-7(10-4-1)8-11-5-2-6-12-8;;;;;;/h2-7,25H,1H3,(H,27,28);3*1-8H;1-7H;5*1-6H;3*1H4;;;. The second-order valence-corrected chi connectivity index (χ2v) is 29.3. The van der Waals surface area contributed by atoms with Gasteiger partial charge in [-0.25, -0.2) is 64.6 Å². The van der Waals surface area contributed by atoms with Gasteiger partial charge in [0, 0.05) is 242 Å². The van der Waals surface area contributed by atoms with Crippen LogP contribution in [0.2, 0.25) is 0 Å². The SMILES string of the molecule is C.C.C.Cc1cc2c(-c3ccccc3C(=O)O)c3cc(Br)c(=O)c(Br)c-3oc2c(Br)c1O.[Ru].[Ru].[Ru].c1cc(-c2ccncn2)ncn1.c1ccc(-c2ccccn2)nc1.c1ccc(-c2ccccn2)nc1.c1ccc(-c2ccccn2)nc1.c1ccc(-c2cnccn2)nc1.c1cnc(-c2cnccn2)cn1.c1cnc(-c2cnccn2)cn1.c1cnc(-c2ncccn2)nc1.c1cnc(-c2ncccn2)nc1. The molecule has 2 aliphatic rings. The number of pyridine rings is 7. The molecule has 0 radical (unpaired) electrons. The van der Waals surface area contributed by atoms with Gasteiger partial charge in [-0.05, 0) is 205 Å². The van der Waals surface area contributed by atoms with Gasteiger partial charge in [-0.15, -0.1) is 0 Å². The fourth-order valence-corrected chi connectivity index (χ4v) is 13.4. The van der Waals surface area contributed by atoms with E-state index in [0.29, 0.717) is 65.5 Å². The number of fused-ring (bicyclic) bond motifs is 2. The third kappa shape index (κ3) is 34.9. The van der Waals surface area contributed by atoms with Crippen molar-refractivity contribution in [2.75, 3.05) is 0 Å². The number of aryl methyl sites for hydroxylation is 1. The van der Waals surface area contributed by atoms with Crippen molar-refractivity contribution in [2.45, 2.75) is 29.2 Å². The van der Waals surface area contributed by atoms with E-state index < -0.39 is 5.97 Å². The van der Waals surface area contributed by atoms with Crippen molar-refractivity contribution in [1.29, 1.82) is 0 Å². The molecule has 0 atom stereocenters. The number of hydrogen-bond acceptors (Lipinski definition) is 33. The second kappa shape index (κ2) is 62.6. The number of phenols is 1. The maximum Gasteiger partial charge on any atom is 0.336 e. The average molecular weight is 2350 g/mol. The maximum atomic E-state index is 12.4. The molecule has 18 aromatic heterocycles. The Hall–Kier alpha value is -16.4. The van der Waals surface area contributed by atoms with E-state index in [0.717, 1.165) is 79.7 Å². The van der Waals surface area contributed by atoms with Crippen molar-refractivity contribution in [1.82, 2.24) is 145 Å². The molecular weight excluding hydrogens is 2270 g/mol. The summed E-state index contributed by atoms with van der Waals surface area (Å²) in [4.78, 5) is 142. The minimum Gasteiger partial charge on any atom is -0.506 e. The molecule has 2 aromatic carbocycles. The van der Waals surface area contributed by atoms with E-state index in [-0.39, 0.29) is 108 Å². The molecule has 716 valence electrons. The molecule has 2 N–H and O–H groups in total. The summed E-state index contributed by atoms with van der Waals surface area (Å²) in [5.74, 6) is 1.40. The third-order valence-corrected chi connectivity index (χ3v) is 19.9. The Morgan fingerprint density at radius 3 is 0.811 bits per heavy atom.